The van der Waals surface area contributed by atoms with Crippen LogP contribution in [0.5, 0.6) is 0 Å². The van der Waals surface area contributed by atoms with Crippen LogP contribution in [0.1, 0.15) is 31.7 Å². The smallest absolute Gasteiger partial charge is 0.147 e. The summed E-state index contributed by atoms with van der Waals surface area (Å²) in [6, 6.07) is 16.3. The Hall–Kier alpha value is -2.88. The highest BCUT2D eigenvalue weighted by atomic mass is 31.1. The van der Waals surface area contributed by atoms with Gasteiger partial charge in [0.2, 0.25) is 0 Å². The Kier molecular flexibility index (Phi) is 6.95. The monoisotopic (exact) mass is 491 g/mol. The number of imidazole rings is 1. The van der Waals surface area contributed by atoms with Crippen molar-refractivity contribution >= 4 is 30.3 Å². The van der Waals surface area contributed by atoms with Gasteiger partial charge in [-0.25, -0.2) is 13.8 Å². The summed E-state index contributed by atoms with van der Waals surface area (Å²) >= 11 is 0. The molecule has 0 bridgehead atoms. The van der Waals surface area contributed by atoms with Gasteiger partial charge < -0.3 is 0 Å². The number of hydrogen-bond acceptors (Lipinski definition) is 2. The van der Waals surface area contributed by atoms with Gasteiger partial charge in [0, 0.05) is 10.9 Å². The Morgan fingerprint density at radius 2 is 1.71 bits per heavy atom. The van der Waals surface area contributed by atoms with E-state index >= 15 is 4.39 Å². The van der Waals surface area contributed by atoms with Gasteiger partial charge in [0.25, 0.3) is 0 Å². The van der Waals surface area contributed by atoms with E-state index in [9.17, 15) is 4.39 Å². The lowest BCUT2D eigenvalue weighted by molar-refractivity contribution is 0.154. The van der Waals surface area contributed by atoms with Gasteiger partial charge in [0.1, 0.15) is 17.5 Å². The van der Waals surface area contributed by atoms with Crippen LogP contribution in [0, 0.1) is 11.6 Å². The van der Waals surface area contributed by atoms with Crippen LogP contribution in [0.4, 0.5) is 8.78 Å². The first-order valence-electron chi connectivity index (χ1n) is 11.7. The van der Waals surface area contributed by atoms with Crippen LogP contribution in [0.3, 0.4) is 0 Å². The molecule has 0 amide bonds. The molecule has 0 N–H and O–H groups in total. The maximum absolute atomic E-state index is 15.4. The largest absolute Gasteiger partial charge is 0.297 e. The predicted molar refractivity (Wildman–Crippen MR) is 146 cm³/mol. The maximum Gasteiger partial charge on any atom is 0.147 e. The standard InChI is InChI=1S/C29H32F2N3P/c1-8-19-11-10-12-22(30)27(19)34-25-18-21(20-14-16-26(35(6)7)23(31)17-20)13-15-24(25)32-28(34)29(3,9-2)33(4)5/h8,10-18H,1,9H2,2-7H3. The molecule has 0 aliphatic heterocycles. The maximum atomic E-state index is 15.4. The summed E-state index contributed by atoms with van der Waals surface area (Å²) in [7, 11) is 3.48. The van der Waals surface area contributed by atoms with Crippen LogP contribution in [0.25, 0.3) is 33.9 Å². The van der Waals surface area contributed by atoms with Gasteiger partial charge >= 0.3 is 0 Å². The number of hydrogen-bond donors (Lipinski definition) is 0. The van der Waals surface area contributed by atoms with Crippen molar-refractivity contribution in [3.05, 3.63) is 84.2 Å². The van der Waals surface area contributed by atoms with Crippen molar-refractivity contribution in [2.75, 3.05) is 27.4 Å². The van der Waals surface area contributed by atoms with E-state index < -0.39 is 13.5 Å². The minimum Gasteiger partial charge on any atom is -0.297 e. The summed E-state index contributed by atoms with van der Waals surface area (Å²) in [6.45, 7) is 12.2. The topological polar surface area (TPSA) is 21.1 Å². The van der Waals surface area contributed by atoms with Crippen molar-refractivity contribution in [1.82, 2.24) is 14.5 Å². The molecule has 6 heteroatoms. The van der Waals surface area contributed by atoms with E-state index in [-0.39, 0.29) is 11.6 Å². The minimum absolute atomic E-state index is 0.192. The zero-order valence-corrected chi connectivity index (χ0v) is 22.1. The van der Waals surface area contributed by atoms with Crippen molar-refractivity contribution < 1.29 is 8.78 Å². The minimum atomic E-state index is -0.534. The third-order valence-corrected chi connectivity index (χ3v) is 8.36. The second kappa shape index (κ2) is 9.64. The van der Waals surface area contributed by atoms with Gasteiger partial charge in [-0.15, -0.1) is 0 Å². The fourth-order valence-electron chi connectivity index (χ4n) is 4.50. The van der Waals surface area contributed by atoms with Crippen LogP contribution in [0.2, 0.25) is 0 Å². The molecule has 0 radical (unpaired) electrons. The molecule has 0 saturated carbocycles. The SMILES string of the molecule is C=Cc1cccc(F)c1-n1c(C(C)(CC)N(C)C)nc2ccc(-c3ccc(P(C)C)c(F)c3)cc21. The molecule has 4 aromatic rings. The Morgan fingerprint density at radius 1 is 1.03 bits per heavy atom. The van der Waals surface area contributed by atoms with Crippen LogP contribution in [-0.2, 0) is 5.54 Å². The normalized spacial score (nSPS) is 13.5. The Bertz CT molecular complexity index is 1410. The van der Waals surface area contributed by atoms with Crippen molar-refractivity contribution in [3.8, 4) is 16.8 Å². The van der Waals surface area contributed by atoms with Gasteiger partial charge in [-0.3, -0.25) is 9.47 Å². The molecule has 182 valence electrons. The van der Waals surface area contributed by atoms with Crippen molar-refractivity contribution in [2.24, 2.45) is 0 Å². The van der Waals surface area contributed by atoms with Gasteiger partial charge in [-0.2, -0.15) is 0 Å². The number of rotatable bonds is 7. The molecule has 3 nitrogen and oxygen atoms in total. The highest BCUT2D eigenvalue weighted by Crippen LogP contribution is 2.37. The summed E-state index contributed by atoms with van der Waals surface area (Å²) in [5, 5.41) is 0.754. The summed E-state index contributed by atoms with van der Waals surface area (Å²) in [6.07, 6.45) is 2.44. The molecule has 0 fully saturated rings. The summed E-state index contributed by atoms with van der Waals surface area (Å²) in [4.78, 5) is 7.12. The first-order valence-corrected chi connectivity index (χ1v) is 13.9. The Labute approximate surface area is 207 Å². The van der Waals surface area contributed by atoms with E-state index in [1.807, 2.05) is 68.4 Å². The van der Waals surface area contributed by atoms with Gasteiger partial charge in [0.15, 0.2) is 0 Å². The van der Waals surface area contributed by atoms with Crippen LogP contribution < -0.4 is 5.30 Å². The molecule has 35 heavy (non-hydrogen) atoms. The molecule has 3 aromatic carbocycles. The van der Waals surface area contributed by atoms with Crippen LogP contribution in [0.15, 0.2) is 61.2 Å². The molecule has 0 aliphatic rings. The molecule has 1 heterocycles. The highest BCUT2D eigenvalue weighted by molar-refractivity contribution is 7.64. The molecule has 1 unspecified atom stereocenters. The summed E-state index contributed by atoms with van der Waals surface area (Å²) in [5.41, 5.74) is 3.81. The molecule has 0 spiro atoms. The third kappa shape index (κ3) is 4.32. The fourth-order valence-corrected chi connectivity index (χ4v) is 5.36. The lowest BCUT2D eigenvalue weighted by atomic mass is 9.95. The second-order valence-corrected chi connectivity index (χ2v) is 11.7. The van der Waals surface area contributed by atoms with E-state index in [0.717, 1.165) is 39.7 Å². The fraction of sp³-hybridized carbons (Fsp3) is 0.276. The first kappa shape index (κ1) is 25.2. The lowest BCUT2D eigenvalue weighted by Gasteiger charge is -2.35. The van der Waals surface area contributed by atoms with Crippen molar-refractivity contribution in [2.45, 2.75) is 25.8 Å². The Balaban J connectivity index is 2.06. The third-order valence-electron chi connectivity index (χ3n) is 7.04. The zero-order chi connectivity index (χ0) is 25.5. The number of halogens is 2. The van der Waals surface area contributed by atoms with E-state index in [0.29, 0.717) is 11.3 Å². The number of para-hydroxylation sites is 1. The number of fused-ring (bicyclic) bond motifs is 1. The lowest BCUT2D eigenvalue weighted by Crippen LogP contribution is -2.40. The molecule has 0 aliphatic carbocycles. The molecule has 0 saturated heterocycles. The molecular formula is C29H32F2N3P. The van der Waals surface area contributed by atoms with Gasteiger partial charge in [-0.1, -0.05) is 57.8 Å². The van der Waals surface area contributed by atoms with Gasteiger partial charge in [-0.05, 0) is 76.2 Å². The molecule has 1 atom stereocenters. The predicted octanol–water partition coefficient (Wildman–Crippen LogP) is 7.17. The molecular weight excluding hydrogens is 459 g/mol. The summed E-state index contributed by atoms with van der Waals surface area (Å²) in [5.74, 6) is 0.205. The average molecular weight is 492 g/mol. The molecule has 4 rings (SSSR count). The average Bonchev–Trinajstić information content (AvgIpc) is 3.21. The van der Waals surface area contributed by atoms with E-state index in [1.165, 1.54) is 6.07 Å². The van der Waals surface area contributed by atoms with Crippen LogP contribution >= 0.6 is 7.92 Å². The van der Waals surface area contributed by atoms with Gasteiger partial charge in [0.05, 0.1) is 22.3 Å². The van der Waals surface area contributed by atoms with E-state index in [2.05, 4.69) is 25.3 Å². The Morgan fingerprint density at radius 3 is 2.31 bits per heavy atom. The first-order chi connectivity index (χ1) is 16.6. The van der Waals surface area contributed by atoms with E-state index in [4.69, 9.17) is 4.98 Å². The van der Waals surface area contributed by atoms with E-state index in [1.54, 1.807) is 18.2 Å². The van der Waals surface area contributed by atoms with Crippen molar-refractivity contribution in [3.63, 3.8) is 0 Å². The van der Waals surface area contributed by atoms with Crippen molar-refractivity contribution in [1.29, 1.82) is 0 Å². The highest BCUT2D eigenvalue weighted by Gasteiger charge is 2.34. The molecule has 1 aromatic heterocycles. The van der Waals surface area contributed by atoms with Crippen LogP contribution in [-0.4, -0.2) is 41.9 Å². The number of nitrogens with zero attached hydrogens (tertiary/aromatic N) is 3. The number of benzene rings is 3. The zero-order valence-electron chi connectivity index (χ0n) is 21.2. The summed E-state index contributed by atoms with van der Waals surface area (Å²) < 4.78 is 32.2. The quantitative estimate of drug-likeness (QED) is 0.256. The number of aromatic nitrogens is 2. The second-order valence-electron chi connectivity index (χ2n) is 9.44.